The molecule has 6 heteroatoms. The van der Waals surface area contributed by atoms with Crippen molar-refractivity contribution < 1.29 is 29.6 Å². The number of carbonyl (C=O) groups is 1. The minimum atomic E-state index is -1.42. The maximum atomic E-state index is 10.5. The van der Waals surface area contributed by atoms with Crippen LogP contribution in [-0.2, 0) is 14.3 Å². The van der Waals surface area contributed by atoms with E-state index in [4.69, 9.17) is 5.11 Å². The Hall–Kier alpha value is -0.690. The number of ether oxygens (including phenoxy) is 2. The molecule has 0 radical (unpaired) electrons. The number of hydrogen-bond donors (Lipinski definition) is 3. The lowest BCUT2D eigenvalue weighted by molar-refractivity contribution is -0.257. The van der Waals surface area contributed by atoms with Crippen LogP contribution in [0.5, 0.6) is 0 Å². The first kappa shape index (κ1) is 10.4. The fourth-order valence-corrected chi connectivity index (χ4v) is 1.12. The van der Waals surface area contributed by atoms with E-state index in [1.807, 2.05) is 0 Å². The molecule has 4 atom stereocenters. The fraction of sp³-hybridized carbons (Fsp3) is 0.857. The van der Waals surface area contributed by atoms with Crippen molar-refractivity contribution in [1.29, 1.82) is 0 Å². The van der Waals surface area contributed by atoms with E-state index < -0.39 is 30.6 Å². The van der Waals surface area contributed by atoms with Gasteiger partial charge in [0.25, 0.3) is 0 Å². The molecule has 0 amide bonds. The molecule has 0 aliphatic carbocycles. The summed E-state index contributed by atoms with van der Waals surface area (Å²) < 4.78 is 9.19. The van der Waals surface area contributed by atoms with Crippen LogP contribution in [0.3, 0.4) is 0 Å². The van der Waals surface area contributed by atoms with Gasteiger partial charge in [0.1, 0.15) is 12.2 Å². The standard InChI is InChI=1S/C7H12O6/c1-3(8)13-6-4(9)2-12-7(11)5(6)10/h4-7,9-11H,2H2,1H3/t4-,5-,6+,7?/m1/s1. The highest BCUT2D eigenvalue weighted by molar-refractivity contribution is 5.66. The molecule has 0 aromatic carbocycles. The first-order chi connectivity index (χ1) is 6.02. The Morgan fingerprint density at radius 3 is 2.62 bits per heavy atom. The summed E-state index contributed by atoms with van der Waals surface area (Å²) in [6, 6.07) is 0. The topological polar surface area (TPSA) is 96.2 Å². The summed E-state index contributed by atoms with van der Waals surface area (Å²) in [4.78, 5) is 10.5. The van der Waals surface area contributed by atoms with Gasteiger partial charge in [-0.05, 0) is 0 Å². The maximum absolute atomic E-state index is 10.5. The summed E-state index contributed by atoms with van der Waals surface area (Å²) in [6.07, 6.45) is -5.07. The van der Waals surface area contributed by atoms with Crippen LogP contribution in [0.1, 0.15) is 6.92 Å². The molecule has 76 valence electrons. The van der Waals surface area contributed by atoms with Gasteiger partial charge in [-0.1, -0.05) is 0 Å². The van der Waals surface area contributed by atoms with Crippen LogP contribution < -0.4 is 0 Å². The quantitative estimate of drug-likeness (QED) is 0.415. The van der Waals surface area contributed by atoms with Gasteiger partial charge < -0.3 is 24.8 Å². The van der Waals surface area contributed by atoms with Crippen molar-refractivity contribution in [2.24, 2.45) is 0 Å². The van der Waals surface area contributed by atoms with Crippen LogP contribution in [-0.4, -0.2) is 52.5 Å². The Morgan fingerprint density at radius 1 is 1.46 bits per heavy atom. The number of aliphatic hydroxyl groups excluding tert-OH is 3. The molecule has 1 saturated heterocycles. The smallest absolute Gasteiger partial charge is 0.303 e. The van der Waals surface area contributed by atoms with Crippen molar-refractivity contribution in [3.63, 3.8) is 0 Å². The van der Waals surface area contributed by atoms with Gasteiger partial charge in [0, 0.05) is 6.92 Å². The third kappa shape index (κ3) is 2.38. The molecular formula is C7H12O6. The first-order valence-corrected chi connectivity index (χ1v) is 3.85. The Labute approximate surface area is 74.7 Å². The predicted molar refractivity (Wildman–Crippen MR) is 39.5 cm³/mol. The Bertz CT molecular complexity index is 193. The molecule has 0 bridgehead atoms. The molecule has 13 heavy (non-hydrogen) atoms. The van der Waals surface area contributed by atoms with E-state index in [1.54, 1.807) is 0 Å². The third-order valence-corrected chi connectivity index (χ3v) is 1.75. The molecule has 1 heterocycles. The minimum Gasteiger partial charge on any atom is -0.457 e. The van der Waals surface area contributed by atoms with Crippen molar-refractivity contribution in [3.05, 3.63) is 0 Å². The number of rotatable bonds is 1. The summed E-state index contributed by atoms with van der Waals surface area (Å²) >= 11 is 0. The molecular weight excluding hydrogens is 180 g/mol. The van der Waals surface area contributed by atoms with Gasteiger partial charge in [-0.25, -0.2) is 0 Å². The zero-order valence-corrected chi connectivity index (χ0v) is 7.08. The molecule has 0 spiro atoms. The van der Waals surface area contributed by atoms with E-state index in [1.165, 1.54) is 0 Å². The lowest BCUT2D eigenvalue weighted by Gasteiger charge is -2.34. The van der Waals surface area contributed by atoms with E-state index in [9.17, 15) is 15.0 Å². The van der Waals surface area contributed by atoms with Crippen LogP contribution >= 0.6 is 0 Å². The molecule has 0 saturated carbocycles. The van der Waals surface area contributed by atoms with E-state index in [2.05, 4.69) is 9.47 Å². The predicted octanol–water partition coefficient (Wildman–Crippen LogP) is -2.01. The molecule has 0 aromatic rings. The van der Waals surface area contributed by atoms with Crippen LogP contribution in [0, 0.1) is 0 Å². The van der Waals surface area contributed by atoms with E-state index in [-0.39, 0.29) is 6.61 Å². The maximum Gasteiger partial charge on any atom is 0.303 e. The van der Waals surface area contributed by atoms with Crippen LogP contribution in [0.2, 0.25) is 0 Å². The minimum absolute atomic E-state index is 0.170. The number of esters is 1. The molecule has 3 N–H and O–H groups in total. The van der Waals surface area contributed by atoms with Gasteiger partial charge in [0.15, 0.2) is 12.4 Å². The molecule has 1 aliphatic rings. The Morgan fingerprint density at radius 2 is 2.08 bits per heavy atom. The second-order valence-electron chi connectivity index (χ2n) is 2.86. The van der Waals surface area contributed by atoms with Crippen molar-refractivity contribution in [2.45, 2.75) is 31.5 Å². The van der Waals surface area contributed by atoms with Gasteiger partial charge in [-0.3, -0.25) is 4.79 Å². The lowest BCUT2D eigenvalue weighted by atomic mass is 10.1. The zero-order chi connectivity index (χ0) is 10.0. The molecule has 1 aliphatic heterocycles. The Balaban J connectivity index is 2.60. The van der Waals surface area contributed by atoms with E-state index in [0.29, 0.717) is 0 Å². The highest BCUT2D eigenvalue weighted by Gasteiger charge is 2.40. The molecule has 6 nitrogen and oxygen atoms in total. The fourth-order valence-electron chi connectivity index (χ4n) is 1.12. The second kappa shape index (κ2) is 4.01. The number of carbonyl (C=O) groups excluding carboxylic acids is 1. The van der Waals surface area contributed by atoms with Gasteiger partial charge in [-0.15, -0.1) is 0 Å². The SMILES string of the molecule is CC(=O)O[C@H]1[C@H](O)COC(O)[C@@H]1O. The van der Waals surface area contributed by atoms with Crippen molar-refractivity contribution in [3.8, 4) is 0 Å². The van der Waals surface area contributed by atoms with Gasteiger partial charge in [0.05, 0.1) is 6.61 Å². The number of hydrogen-bond acceptors (Lipinski definition) is 6. The van der Waals surface area contributed by atoms with E-state index >= 15 is 0 Å². The average Bonchev–Trinajstić information content (AvgIpc) is 2.05. The highest BCUT2D eigenvalue weighted by Crippen LogP contribution is 2.16. The normalized spacial score (nSPS) is 40.0. The summed E-state index contributed by atoms with van der Waals surface area (Å²) in [5, 5.41) is 27.5. The first-order valence-electron chi connectivity index (χ1n) is 3.85. The van der Waals surface area contributed by atoms with Gasteiger partial charge in [-0.2, -0.15) is 0 Å². The van der Waals surface area contributed by atoms with Crippen LogP contribution in [0.4, 0.5) is 0 Å². The molecule has 1 rings (SSSR count). The number of aliphatic hydroxyl groups is 3. The van der Waals surface area contributed by atoms with Crippen LogP contribution in [0.25, 0.3) is 0 Å². The molecule has 0 aromatic heterocycles. The Kier molecular flexibility index (Phi) is 3.21. The monoisotopic (exact) mass is 192 g/mol. The van der Waals surface area contributed by atoms with Gasteiger partial charge >= 0.3 is 5.97 Å². The highest BCUT2D eigenvalue weighted by atomic mass is 16.6. The third-order valence-electron chi connectivity index (χ3n) is 1.75. The summed E-state index contributed by atoms with van der Waals surface area (Å²) in [6.45, 7) is 0.984. The van der Waals surface area contributed by atoms with Gasteiger partial charge in [0.2, 0.25) is 0 Å². The summed E-state index contributed by atoms with van der Waals surface area (Å²) in [5.41, 5.74) is 0. The van der Waals surface area contributed by atoms with Crippen molar-refractivity contribution in [2.75, 3.05) is 6.61 Å². The summed E-state index contributed by atoms with van der Waals surface area (Å²) in [5.74, 6) is -0.628. The molecule has 1 unspecified atom stereocenters. The average molecular weight is 192 g/mol. The van der Waals surface area contributed by atoms with Crippen molar-refractivity contribution >= 4 is 5.97 Å². The van der Waals surface area contributed by atoms with E-state index in [0.717, 1.165) is 6.92 Å². The second-order valence-corrected chi connectivity index (χ2v) is 2.86. The largest absolute Gasteiger partial charge is 0.457 e. The molecule has 1 fully saturated rings. The van der Waals surface area contributed by atoms with Crippen molar-refractivity contribution in [1.82, 2.24) is 0 Å². The zero-order valence-electron chi connectivity index (χ0n) is 7.08. The summed E-state index contributed by atoms with van der Waals surface area (Å²) in [7, 11) is 0. The van der Waals surface area contributed by atoms with Crippen LogP contribution in [0.15, 0.2) is 0 Å². The lowest BCUT2D eigenvalue weighted by Crippen LogP contribution is -2.54.